The zero-order chi connectivity index (χ0) is 19.8. The molecule has 0 saturated heterocycles. The van der Waals surface area contributed by atoms with E-state index in [4.69, 9.17) is 4.74 Å². The second-order valence-electron chi connectivity index (χ2n) is 6.83. The highest BCUT2D eigenvalue weighted by atomic mass is 16.5. The summed E-state index contributed by atoms with van der Waals surface area (Å²) in [6.07, 6.45) is 0.237. The van der Waals surface area contributed by atoms with Crippen LogP contribution in [0.5, 0.6) is 5.75 Å². The average molecular weight is 368 g/mol. The molecule has 0 saturated carbocycles. The predicted octanol–water partition coefficient (Wildman–Crippen LogP) is 4.20. The van der Waals surface area contributed by atoms with E-state index in [2.05, 4.69) is 19.2 Å². The Hall–Kier alpha value is -2.82. The van der Waals surface area contributed by atoms with Crippen molar-refractivity contribution in [1.29, 1.82) is 0 Å². The fraction of sp³-hybridized carbons (Fsp3) is 0.364. The van der Waals surface area contributed by atoms with Crippen LogP contribution in [0.25, 0.3) is 0 Å². The van der Waals surface area contributed by atoms with Crippen LogP contribution in [0, 0.1) is 0 Å². The summed E-state index contributed by atoms with van der Waals surface area (Å²) in [6.45, 7) is 6.54. The maximum absolute atomic E-state index is 12.3. The maximum atomic E-state index is 12.3. The number of benzene rings is 2. The average Bonchev–Trinajstić information content (AvgIpc) is 2.65. The van der Waals surface area contributed by atoms with Crippen molar-refractivity contribution in [3.63, 3.8) is 0 Å². The van der Waals surface area contributed by atoms with Crippen LogP contribution >= 0.6 is 0 Å². The van der Waals surface area contributed by atoms with Crippen LogP contribution in [0.3, 0.4) is 0 Å². The molecule has 2 rings (SSSR count). The van der Waals surface area contributed by atoms with Gasteiger partial charge in [0.2, 0.25) is 11.8 Å². The van der Waals surface area contributed by atoms with Crippen molar-refractivity contribution in [2.75, 3.05) is 19.0 Å². The van der Waals surface area contributed by atoms with Gasteiger partial charge in [-0.05, 0) is 29.7 Å². The molecule has 0 aliphatic carbocycles. The van der Waals surface area contributed by atoms with Crippen LogP contribution in [0.4, 0.5) is 5.69 Å². The number of carbonyl (C=O) groups excluding carboxylic acids is 2. The summed E-state index contributed by atoms with van der Waals surface area (Å²) < 4.78 is 5.34. The molecule has 0 fully saturated rings. The third-order valence-corrected chi connectivity index (χ3v) is 4.47. The normalized spacial score (nSPS) is 10.6. The lowest BCUT2D eigenvalue weighted by atomic mass is 10.0. The van der Waals surface area contributed by atoms with E-state index in [1.807, 2.05) is 48.5 Å². The fourth-order valence-corrected chi connectivity index (χ4v) is 2.80. The molecule has 2 amide bonds. The first-order chi connectivity index (χ1) is 12.9. The Labute approximate surface area is 161 Å². The standard InChI is InChI=1S/C22H28N2O3/c1-16(2)18-9-11-20(12-10-18)23-22(26)13-14-24(17(3)25)15-19-7-5-6-8-21(19)27-4/h5-12,16H,13-15H2,1-4H3,(H,23,26). The summed E-state index contributed by atoms with van der Waals surface area (Å²) >= 11 is 0. The molecular formula is C22H28N2O3. The van der Waals surface area contributed by atoms with Crippen molar-refractivity contribution in [1.82, 2.24) is 4.90 Å². The lowest BCUT2D eigenvalue weighted by Crippen LogP contribution is -2.31. The van der Waals surface area contributed by atoms with E-state index < -0.39 is 0 Å². The van der Waals surface area contributed by atoms with Crippen LogP contribution in [0.1, 0.15) is 44.2 Å². The van der Waals surface area contributed by atoms with Gasteiger partial charge in [-0.1, -0.05) is 44.2 Å². The zero-order valence-electron chi connectivity index (χ0n) is 16.5. The molecular weight excluding hydrogens is 340 g/mol. The lowest BCUT2D eigenvalue weighted by Gasteiger charge is -2.22. The van der Waals surface area contributed by atoms with E-state index in [0.717, 1.165) is 17.0 Å². The monoisotopic (exact) mass is 368 g/mol. The Bertz CT molecular complexity index is 769. The smallest absolute Gasteiger partial charge is 0.226 e. The minimum absolute atomic E-state index is 0.0741. The first-order valence-electron chi connectivity index (χ1n) is 9.18. The van der Waals surface area contributed by atoms with E-state index in [9.17, 15) is 9.59 Å². The molecule has 0 radical (unpaired) electrons. The molecule has 0 atom stereocenters. The number of methoxy groups -OCH3 is 1. The van der Waals surface area contributed by atoms with E-state index >= 15 is 0 Å². The van der Waals surface area contributed by atoms with Crippen LogP contribution in [0.15, 0.2) is 48.5 Å². The molecule has 2 aromatic rings. The SMILES string of the molecule is COc1ccccc1CN(CCC(=O)Nc1ccc(C(C)C)cc1)C(C)=O. The van der Waals surface area contributed by atoms with Crippen LogP contribution < -0.4 is 10.1 Å². The molecule has 0 aliphatic rings. The van der Waals surface area contributed by atoms with Crippen molar-refractivity contribution in [3.8, 4) is 5.75 Å². The summed E-state index contributed by atoms with van der Waals surface area (Å²) in [5, 5.41) is 2.89. The second kappa shape index (κ2) is 9.76. The number of nitrogens with one attached hydrogen (secondary N) is 1. The van der Waals surface area contributed by atoms with Crippen LogP contribution in [0.2, 0.25) is 0 Å². The van der Waals surface area contributed by atoms with Gasteiger partial charge < -0.3 is 15.0 Å². The molecule has 0 heterocycles. The first-order valence-corrected chi connectivity index (χ1v) is 9.18. The van der Waals surface area contributed by atoms with E-state index in [0.29, 0.717) is 19.0 Å². The van der Waals surface area contributed by atoms with Gasteiger partial charge in [0.15, 0.2) is 0 Å². The van der Waals surface area contributed by atoms with Crippen molar-refractivity contribution in [2.45, 2.75) is 39.7 Å². The van der Waals surface area contributed by atoms with Gasteiger partial charge in [0, 0.05) is 37.7 Å². The van der Waals surface area contributed by atoms with Gasteiger partial charge in [0.1, 0.15) is 5.75 Å². The van der Waals surface area contributed by atoms with Crippen molar-refractivity contribution < 1.29 is 14.3 Å². The highest BCUT2D eigenvalue weighted by Gasteiger charge is 2.14. The predicted molar refractivity (Wildman–Crippen MR) is 108 cm³/mol. The largest absolute Gasteiger partial charge is 0.496 e. The number of ether oxygens (including phenoxy) is 1. The summed E-state index contributed by atoms with van der Waals surface area (Å²) in [6, 6.07) is 15.4. The topological polar surface area (TPSA) is 58.6 Å². The molecule has 0 unspecified atom stereocenters. The molecule has 5 nitrogen and oxygen atoms in total. The zero-order valence-corrected chi connectivity index (χ0v) is 16.5. The third-order valence-electron chi connectivity index (χ3n) is 4.47. The Morgan fingerprint density at radius 1 is 1.07 bits per heavy atom. The van der Waals surface area contributed by atoms with Crippen LogP contribution in [-0.2, 0) is 16.1 Å². The van der Waals surface area contributed by atoms with Gasteiger partial charge in [-0.25, -0.2) is 0 Å². The van der Waals surface area contributed by atoms with Crippen LogP contribution in [-0.4, -0.2) is 30.4 Å². The molecule has 144 valence electrons. The van der Waals surface area contributed by atoms with Gasteiger partial charge in [0.25, 0.3) is 0 Å². The third kappa shape index (κ3) is 6.13. The minimum Gasteiger partial charge on any atom is -0.496 e. The molecule has 27 heavy (non-hydrogen) atoms. The number of amides is 2. The second-order valence-corrected chi connectivity index (χ2v) is 6.83. The number of rotatable bonds is 8. The number of hydrogen-bond donors (Lipinski definition) is 1. The molecule has 2 aromatic carbocycles. The Kier molecular flexibility index (Phi) is 7.41. The van der Waals surface area contributed by atoms with Gasteiger partial charge in [-0.2, -0.15) is 0 Å². The maximum Gasteiger partial charge on any atom is 0.226 e. The number of nitrogens with zero attached hydrogens (tertiary/aromatic N) is 1. The van der Waals surface area contributed by atoms with Gasteiger partial charge in [-0.3, -0.25) is 9.59 Å². The van der Waals surface area contributed by atoms with E-state index in [-0.39, 0.29) is 18.2 Å². The summed E-state index contributed by atoms with van der Waals surface area (Å²) in [5.74, 6) is 1.00. The lowest BCUT2D eigenvalue weighted by molar-refractivity contribution is -0.129. The summed E-state index contributed by atoms with van der Waals surface area (Å²) in [4.78, 5) is 25.9. The molecule has 0 aliphatic heterocycles. The van der Waals surface area contributed by atoms with E-state index in [1.54, 1.807) is 12.0 Å². The molecule has 0 aromatic heterocycles. The molecule has 0 bridgehead atoms. The number of carbonyl (C=O) groups is 2. The summed E-state index contributed by atoms with van der Waals surface area (Å²) in [5.41, 5.74) is 2.91. The van der Waals surface area contributed by atoms with Gasteiger partial charge in [0.05, 0.1) is 7.11 Å². The molecule has 1 N–H and O–H groups in total. The number of anilines is 1. The highest BCUT2D eigenvalue weighted by Crippen LogP contribution is 2.20. The fourth-order valence-electron chi connectivity index (χ4n) is 2.80. The molecule has 5 heteroatoms. The van der Waals surface area contributed by atoms with Crippen molar-refractivity contribution in [3.05, 3.63) is 59.7 Å². The minimum atomic E-state index is -0.112. The van der Waals surface area contributed by atoms with Gasteiger partial charge >= 0.3 is 0 Å². The van der Waals surface area contributed by atoms with Crippen molar-refractivity contribution >= 4 is 17.5 Å². The first kappa shape index (κ1) is 20.5. The highest BCUT2D eigenvalue weighted by molar-refractivity contribution is 5.91. The Morgan fingerprint density at radius 3 is 2.33 bits per heavy atom. The van der Waals surface area contributed by atoms with Crippen molar-refractivity contribution in [2.24, 2.45) is 0 Å². The summed E-state index contributed by atoms with van der Waals surface area (Å²) in [7, 11) is 1.61. The Balaban J connectivity index is 1.93. The van der Waals surface area contributed by atoms with Gasteiger partial charge in [-0.15, -0.1) is 0 Å². The number of para-hydroxylation sites is 1. The quantitative estimate of drug-likeness (QED) is 0.760. The Morgan fingerprint density at radius 2 is 1.74 bits per heavy atom. The molecule has 0 spiro atoms. The number of hydrogen-bond acceptors (Lipinski definition) is 3. The van der Waals surface area contributed by atoms with E-state index in [1.165, 1.54) is 12.5 Å².